The maximum Gasteiger partial charge on any atom is 0.226 e. The van der Waals surface area contributed by atoms with E-state index < -0.39 is 11.0 Å². The normalized spacial score (nSPS) is 24.1. The van der Waals surface area contributed by atoms with E-state index in [1.165, 1.54) is 0 Å². The number of hydrogen-bond acceptors (Lipinski definition) is 3. The highest BCUT2D eigenvalue weighted by atomic mass is 16.2. The van der Waals surface area contributed by atoms with Gasteiger partial charge in [0.15, 0.2) is 5.78 Å². The van der Waals surface area contributed by atoms with E-state index in [-0.39, 0.29) is 11.7 Å². The SMILES string of the molecule is CCCCN1C(=O)CC12/C(=C/C(=O)C(C)(C)C)Nc1ccccc12. The van der Waals surface area contributed by atoms with Crippen molar-refractivity contribution in [3.8, 4) is 0 Å². The third-order valence-corrected chi connectivity index (χ3v) is 5.01. The molecule has 4 heteroatoms. The Hall–Kier alpha value is -2.10. The van der Waals surface area contributed by atoms with E-state index in [0.717, 1.165) is 36.3 Å². The van der Waals surface area contributed by atoms with E-state index in [9.17, 15) is 9.59 Å². The van der Waals surface area contributed by atoms with E-state index in [1.54, 1.807) is 6.08 Å². The number of carbonyl (C=O) groups excluding carboxylic acids is 2. The zero-order chi connectivity index (χ0) is 17.5. The lowest BCUT2D eigenvalue weighted by Gasteiger charge is -2.51. The number of para-hydroxylation sites is 1. The molecule has 2 heterocycles. The van der Waals surface area contributed by atoms with Crippen molar-refractivity contribution in [3.63, 3.8) is 0 Å². The summed E-state index contributed by atoms with van der Waals surface area (Å²) in [4.78, 5) is 26.8. The number of fused-ring (bicyclic) bond motifs is 2. The van der Waals surface area contributed by atoms with Gasteiger partial charge in [0.25, 0.3) is 0 Å². The number of unbranched alkanes of at least 4 members (excludes halogenated alkanes) is 1. The fraction of sp³-hybridized carbons (Fsp3) is 0.500. The molecule has 128 valence electrons. The summed E-state index contributed by atoms with van der Waals surface area (Å²) in [6.07, 6.45) is 4.15. The van der Waals surface area contributed by atoms with E-state index in [4.69, 9.17) is 0 Å². The van der Waals surface area contributed by atoms with Crippen molar-refractivity contribution >= 4 is 17.4 Å². The maximum atomic E-state index is 12.6. The zero-order valence-electron chi connectivity index (χ0n) is 15.0. The standard InChI is InChI=1S/C20H26N2O2/c1-5-6-11-22-18(24)13-20(22)14-9-7-8-10-15(14)21-16(20)12-17(23)19(2,3)4/h7-10,12,21H,5-6,11,13H2,1-4H3/b16-12-. The van der Waals surface area contributed by atoms with Gasteiger partial charge in [-0.15, -0.1) is 0 Å². The van der Waals surface area contributed by atoms with Crippen LogP contribution in [0.3, 0.4) is 0 Å². The van der Waals surface area contributed by atoms with Gasteiger partial charge in [-0.1, -0.05) is 52.3 Å². The topological polar surface area (TPSA) is 49.4 Å². The van der Waals surface area contributed by atoms with Crippen molar-refractivity contribution in [1.29, 1.82) is 0 Å². The summed E-state index contributed by atoms with van der Waals surface area (Å²) in [6, 6.07) is 8.05. The van der Waals surface area contributed by atoms with Gasteiger partial charge in [-0.05, 0) is 12.5 Å². The van der Waals surface area contributed by atoms with Crippen LogP contribution in [-0.4, -0.2) is 23.1 Å². The average Bonchev–Trinajstić information content (AvgIpc) is 2.82. The number of benzene rings is 1. The number of allylic oxidation sites excluding steroid dienone is 1. The minimum atomic E-state index is -0.482. The lowest BCUT2D eigenvalue weighted by molar-refractivity contribution is -0.154. The molecule has 1 unspecified atom stereocenters. The van der Waals surface area contributed by atoms with Gasteiger partial charge in [-0.3, -0.25) is 9.59 Å². The molecule has 1 N–H and O–H groups in total. The number of nitrogens with one attached hydrogen (secondary N) is 1. The molecule has 1 saturated heterocycles. The zero-order valence-corrected chi connectivity index (χ0v) is 15.0. The number of rotatable bonds is 4. The Bertz CT molecular complexity index is 715. The van der Waals surface area contributed by atoms with Crippen molar-refractivity contribution in [1.82, 2.24) is 4.90 Å². The smallest absolute Gasteiger partial charge is 0.226 e. The third kappa shape index (κ3) is 2.45. The molecule has 1 spiro atoms. The molecule has 2 aliphatic heterocycles. The van der Waals surface area contributed by atoms with Crippen LogP contribution in [0.5, 0.6) is 0 Å². The monoisotopic (exact) mass is 326 g/mol. The Morgan fingerprint density at radius 2 is 2.04 bits per heavy atom. The lowest BCUT2D eigenvalue weighted by atomic mass is 9.75. The first kappa shape index (κ1) is 16.7. The van der Waals surface area contributed by atoms with Crippen molar-refractivity contribution in [2.75, 3.05) is 11.9 Å². The first-order valence-electron chi connectivity index (χ1n) is 8.74. The van der Waals surface area contributed by atoms with Gasteiger partial charge in [0.1, 0.15) is 5.54 Å². The van der Waals surface area contributed by atoms with Crippen molar-refractivity contribution in [2.45, 2.75) is 52.5 Å². The minimum absolute atomic E-state index is 0.0759. The summed E-state index contributed by atoms with van der Waals surface area (Å²) < 4.78 is 0. The molecule has 0 aliphatic carbocycles. The van der Waals surface area contributed by atoms with Crippen molar-refractivity contribution in [2.24, 2.45) is 5.41 Å². The summed E-state index contributed by atoms with van der Waals surface area (Å²) in [5.74, 6) is 0.239. The first-order chi connectivity index (χ1) is 11.3. The third-order valence-electron chi connectivity index (χ3n) is 5.01. The van der Waals surface area contributed by atoms with E-state index in [1.807, 2.05) is 43.9 Å². The van der Waals surface area contributed by atoms with Crippen LogP contribution in [0.15, 0.2) is 36.0 Å². The number of carbonyl (C=O) groups is 2. The number of likely N-dealkylation sites (tertiary alicyclic amines) is 1. The van der Waals surface area contributed by atoms with Crippen LogP contribution in [0.25, 0.3) is 0 Å². The summed E-state index contributed by atoms with van der Waals surface area (Å²) in [7, 11) is 0. The second-order valence-electron chi connectivity index (χ2n) is 7.78. The molecule has 2 aliphatic rings. The largest absolute Gasteiger partial charge is 0.356 e. The van der Waals surface area contributed by atoms with Crippen LogP contribution in [0.4, 0.5) is 5.69 Å². The van der Waals surface area contributed by atoms with Crippen LogP contribution >= 0.6 is 0 Å². The Kier molecular flexibility index (Phi) is 4.02. The predicted molar refractivity (Wildman–Crippen MR) is 95.5 cm³/mol. The van der Waals surface area contributed by atoms with Gasteiger partial charge < -0.3 is 10.2 Å². The fourth-order valence-electron chi connectivity index (χ4n) is 3.49. The summed E-state index contributed by atoms with van der Waals surface area (Å²) in [5.41, 5.74) is 2.03. The molecule has 1 aromatic rings. The van der Waals surface area contributed by atoms with E-state index >= 15 is 0 Å². The van der Waals surface area contributed by atoms with Crippen molar-refractivity contribution < 1.29 is 9.59 Å². The predicted octanol–water partition coefficient (Wildman–Crippen LogP) is 3.84. The Morgan fingerprint density at radius 1 is 1.33 bits per heavy atom. The molecule has 0 bridgehead atoms. The molecule has 4 nitrogen and oxygen atoms in total. The van der Waals surface area contributed by atoms with Gasteiger partial charge in [-0.25, -0.2) is 0 Å². The van der Waals surface area contributed by atoms with Gasteiger partial charge in [-0.2, -0.15) is 0 Å². The summed E-state index contributed by atoms with van der Waals surface area (Å²) >= 11 is 0. The highest BCUT2D eigenvalue weighted by Gasteiger charge is 2.58. The average molecular weight is 326 g/mol. The number of anilines is 1. The lowest BCUT2D eigenvalue weighted by Crippen LogP contribution is -2.61. The molecule has 1 fully saturated rings. The number of β-lactam (4-membered cyclic amide) rings is 1. The quantitative estimate of drug-likeness (QED) is 0.675. The van der Waals surface area contributed by atoms with Gasteiger partial charge in [0.05, 0.1) is 12.1 Å². The Balaban J connectivity index is 2.06. The number of ketones is 1. The highest BCUT2D eigenvalue weighted by molar-refractivity contribution is 5.98. The maximum absolute atomic E-state index is 12.6. The molecule has 1 amide bonds. The van der Waals surface area contributed by atoms with Crippen LogP contribution in [-0.2, 0) is 15.1 Å². The molecule has 0 aromatic heterocycles. The second-order valence-corrected chi connectivity index (χ2v) is 7.78. The van der Waals surface area contributed by atoms with Gasteiger partial charge in [0, 0.05) is 29.3 Å². The molecule has 24 heavy (non-hydrogen) atoms. The Morgan fingerprint density at radius 3 is 2.67 bits per heavy atom. The molecular formula is C20H26N2O2. The van der Waals surface area contributed by atoms with E-state index in [2.05, 4.69) is 18.3 Å². The number of amides is 1. The van der Waals surface area contributed by atoms with E-state index in [0.29, 0.717) is 6.42 Å². The van der Waals surface area contributed by atoms with Crippen LogP contribution in [0.2, 0.25) is 0 Å². The van der Waals surface area contributed by atoms with Crippen LogP contribution < -0.4 is 5.32 Å². The van der Waals surface area contributed by atoms with Crippen LogP contribution in [0.1, 0.15) is 52.5 Å². The molecule has 1 atom stereocenters. The van der Waals surface area contributed by atoms with Crippen molar-refractivity contribution in [3.05, 3.63) is 41.6 Å². The second kappa shape index (κ2) is 5.76. The van der Waals surface area contributed by atoms with Crippen LogP contribution in [0, 0.1) is 5.41 Å². The molecule has 0 saturated carbocycles. The minimum Gasteiger partial charge on any atom is -0.356 e. The van der Waals surface area contributed by atoms with Gasteiger partial charge in [0.2, 0.25) is 5.91 Å². The molecule has 1 aromatic carbocycles. The number of hydrogen-bond donors (Lipinski definition) is 1. The fourth-order valence-corrected chi connectivity index (χ4v) is 3.49. The van der Waals surface area contributed by atoms with Gasteiger partial charge >= 0.3 is 0 Å². The first-order valence-corrected chi connectivity index (χ1v) is 8.74. The summed E-state index contributed by atoms with van der Waals surface area (Å²) in [6.45, 7) is 8.61. The Labute approximate surface area is 143 Å². The summed E-state index contributed by atoms with van der Waals surface area (Å²) in [5, 5.41) is 3.40. The highest BCUT2D eigenvalue weighted by Crippen LogP contribution is 2.54. The number of nitrogens with zero attached hydrogens (tertiary/aromatic N) is 1. The molecule has 0 radical (unpaired) electrons. The molecule has 3 rings (SSSR count). The molecular weight excluding hydrogens is 300 g/mol.